The van der Waals surface area contributed by atoms with Crippen LogP contribution in [0.3, 0.4) is 0 Å². The van der Waals surface area contributed by atoms with Crippen molar-refractivity contribution in [3.8, 4) is 0 Å². The highest BCUT2D eigenvalue weighted by Gasteiger charge is 2.33. The number of rotatable bonds is 15. The van der Waals surface area contributed by atoms with Crippen LogP contribution >= 0.6 is 12.6 Å². The van der Waals surface area contributed by atoms with Gasteiger partial charge in [-0.25, -0.2) is 4.79 Å². The van der Waals surface area contributed by atoms with Crippen LogP contribution in [0.2, 0.25) is 0 Å². The van der Waals surface area contributed by atoms with Crippen molar-refractivity contribution in [2.45, 2.75) is 63.7 Å². The van der Waals surface area contributed by atoms with Crippen molar-refractivity contribution in [1.82, 2.24) is 20.9 Å². The molecule has 0 saturated carbocycles. The van der Waals surface area contributed by atoms with Crippen molar-refractivity contribution in [2.75, 3.05) is 5.75 Å². The van der Waals surface area contributed by atoms with Crippen molar-refractivity contribution < 1.29 is 29.1 Å². The van der Waals surface area contributed by atoms with Gasteiger partial charge in [-0.2, -0.15) is 12.6 Å². The number of para-hydroxylation sites is 1. The molecule has 0 aliphatic rings. The summed E-state index contributed by atoms with van der Waals surface area (Å²) >= 11 is 3.97. The highest BCUT2D eigenvalue weighted by Crippen LogP contribution is 2.19. The Morgan fingerprint density at radius 1 is 1.03 bits per heavy atom. The van der Waals surface area contributed by atoms with Gasteiger partial charge in [-0.1, -0.05) is 38.5 Å². The van der Waals surface area contributed by atoms with E-state index >= 15 is 0 Å². The number of hydrogen-bond acceptors (Lipinski definition) is 7. The fourth-order valence-corrected chi connectivity index (χ4v) is 4.02. The predicted molar refractivity (Wildman–Crippen MR) is 145 cm³/mol. The first-order chi connectivity index (χ1) is 18.0. The van der Waals surface area contributed by atoms with Crippen molar-refractivity contribution >= 4 is 53.1 Å². The van der Waals surface area contributed by atoms with Gasteiger partial charge in [-0.3, -0.25) is 19.2 Å². The molecule has 0 bridgehead atoms. The molecule has 13 heteroatoms. The number of amides is 4. The van der Waals surface area contributed by atoms with E-state index in [0.29, 0.717) is 12.0 Å². The number of carbonyl (C=O) groups excluding carboxylic acids is 4. The zero-order valence-electron chi connectivity index (χ0n) is 21.4. The number of carbonyl (C=O) groups is 5. The van der Waals surface area contributed by atoms with Crippen LogP contribution in [-0.4, -0.2) is 69.6 Å². The fraction of sp³-hybridized carbons (Fsp3) is 0.480. The number of nitrogens with two attached hydrogens (primary N) is 2. The summed E-state index contributed by atoms with van der Waals surface area (Å²) < 4.78 is 0. The van der Waals surface area contributed by atoms with Crippen molar-refractivity contribution in [3.63, 3.8) is 0 Å². The van der Waals surface area contributed by atoms with Gasteiger partial charge in [0.1, 0.15) is 18.1 Å². The van der Waals surface area contributed by atoms with Crippen LogP contribution in [0.15, 0.2) is 30.5 Å². The Balaban J connectivity index is 2.21. The molecule has 1 aromatic carbocycles. The van der Waals surface area contributed by atoms with Crippen LogP contribution in [0, 0.1) is 5.92 Å². The molecule has 1 aromatic heterocycles. The van der Waals surface area contributed by atoms with E-state index in [9.17, 15) is 29.1 Å². The number of fused-ring (bicyclic) bond motifs is 1. The van der Waals surface area contributed by atoms with Crippen molar-refractivity contribution in [2.24, 2.45) is 17.4 Å². The number of H-pyrrole nitrogens is 1. The lowest BCUT2D eigenvalue weighted by molar-refractivity contribution is -0.142. The van der Waals surface area contributed by atoms with Gasteiger partial charge in [0.05, 0.1) is 6.04 Å². The van der Waals surface area contributed by atoms with Gasteiger partial charge in [-0.15, -0.1) is 0 Å². The summed E-state index contributed by atoms with van der Waals surface area (Å²) in [6, 6.07) is 2.84. The molecule has 0 fully saturated rings. The van der Waals surface area contributed by atoms with Gasteiger partial charge in [0.15, 0.2) is 0 Å². The number of nitrogens with one attached hydrogen (secondary N) is 4. The Labute approximate surface area is 226 Å². The zero-order chi connectivity index (χ0) is 28.4. The number of carboxylic acid groups (broad SMARTS) is 1. The summed E-state index contributed by atoms with van der Waals surface area (Å²) in [5.41, 5.74) is 12.4. The molecule has 0 saturated heterocycles. The van der Waals surface area contributed by atoms with E-state index in [0.717, 1.165) is 10.9 Å². The first kappa shape index (κ1) is 30.6. The van der Waals surface area contributed by atoms with Gasteiger partial charge < -0.3 is 37.5 Å². The number of aromatic nitrogens is 1. The maximum atomic E-state index is 13.3. The molecule has 38 heavy (non-hydrogen) atoms. The van der Waals surface area contributed by atoms with Gasteiger partial charge in [-0.05, 0) is 24.0 Å². The maximum Gasteiger partial charge on any atom is 0.326 e. The molecule has 0 radical (unpaired) electrons. The van der Waals surface area contributed by atoms with E-state index in [-0.39, 0.29) is 30.9 Å². The summed E-state index contributed by atoms with van der Waals surface area (Å²) in [4.78, 5) is 65.1. The largest absolute Gasteiger partial charge is 0.480 e. The molecule has 12 nitrogen and oxygen atoms in total. The molecule has 208 valence electrons. The Kier molecular flexibility index (Phi) is 11.6. The second-order valence-corrected chi connectivity index (χ2v) is 9.56. The van der Waals surface area contributed by atoms with Crippen LogP contribution in [0.4, 0.5) is 0 Å². The number of hydrogen-bond donors (Lipinski definition) is 8. The SMILES string of the molecule is CCC(C)C(NC(=O)C(CCC(N)=O)NC(=O)C(N)CS)C(=O)NC(Cc1c[nH]c2ccccc12)C(=O)O. The van der Waals surface area contributed by atoms with E-state index in [2.05, 4.69) is 33.6 Å². The van der Waals surface area contributed by atoms with E-state index in [1.165, 1.54) is 0 Å². The van der Waals surface area contributed by atoms with Crippen LogP contribution in [0.25, 0.3) is 10.9 Å². The van der Waals surface area contributed by atoms with E-state index in [1.54, 1.807) is 13.1 Å². The summed E-state index contributed by atoms with van der Waals surface area (Å²) in [5, 5.41) is 18.3. The molecule has 0 aliphatic heterocycles. The second-order valence-electron chi connectivity index (χ2n) is 9.19. The third-order valence-corrected chi connectivity index (χ3v) is 6.75. The number of primary amides is 1. The van der Waals surface area contributed by atoms with Gasteiger partial charge in [0.2, 0.25) is 23.6 Å². The standard InChI is InChI=1S/C25H36N6O6S/c1-3-13(2)21(31-23(34)18(8-9-20(27)32)29-22(33)16(26)12-38)24(35)30-19(25(36)37)10-14-11-28-17-7-5-4-6-15(14)17/h4-7,11,13,16,18-19,21,28,38H,3,8-10,12,26H2,1-2H3,(H2,27,32)(H,29,33)(H,30,35)(H,31,34)(H,36,37). The molecule has 5 atom stereocenters. The normalized spacial score (nSPS) is 15.1. The maximum absolute atomic E-state index is 13.3. The lowest BCUT2D eigenvalue weighted by atomic mass is 9.96. The predicted octanol–water partition coefficient (Wildman–Crippen LogP) is -0.182. The van der Waals surface area contributed by atoms with Crippen molar-refractivity contribution in [1.29, 1.82) is 0 Å². The monoisotopic (exact) mass is 548 g/mol. The first-order valence-electron chi connectivity index (χ1n) is 12.3. The minimum absolute atomic E-state index is 0.0190. The molecular weight excluding hydrogens is 512 g/mol. The highest BCUT2D eigenvalue weighted by molar-refractivity contribution is 7.80. The van der Waals surface area contributed by atoms with Gasteiger partial charge >= 0.3 is 5.97 Å². The Hall–Kier alpha value is -3.58. The van der Waals surface area contributed by atoms with E-state index in [1.807, 2.05) is 31.2 Å². The fourth-order valence-electron chi connectivity index (χ4n) is 3.85. The molecule has 2 rings (SSSR count). The molecule has 5 unspecified atom stereocenters. The molecule has 0 aliphatic carbocycles. The smallest absolute Gasteiger partial charge is 0.326 e. The number of aromatic amines is 1. The molecule has 4 amide bonds. The Morgan fingerprint density at radius 3 is 2.29 bits per heavy atom. The topological polar surface area (TPSA) is 209 Å². The second kappa shape index (κ2) is 14.4. The summed E-state index contributed by atoms with van der Waals surface area (Å²) in [6.07, 6.45) is 1.90. The third-order valence-electron chi connectivity index (χ3n) is 6.35. The van der Waals surface area contributed by atoms with Gasteiger partial charge in [0.25, 0.3) is 0 Å². The minimum atomic E-state index is -1.26. The highest BCUT2D eigenvalue weighted by atomic mass is 32.1. The number of benzene rings is 1. The number of carboxylic acids is 1. The van der Waals surface area contributed by atoms with Crippen LogP contribution in [0.5, 0.6) is 0 Å². The zero-order valence-corrected chi connectivity index (χ0v) is 22.3. The molecular formula is C25H36N6O6S. The lowest BCUT2D eigenvalue weighted by Crippen LogP contribution is -2.59. The average Bonchev–Trinajstić information content (AvgIpc) is 3.30. The summed E-state index contributed by atoms with van der Waals surface area (Å²) in [7, 11) is 0. The minimum Gasteiger partial charge on any atom is -0.480 e. The summed E-state index contributed by atoms with van der Waals surface area (Å²) in [5.74, 6) is -4.33. The summed E-state index contributed by atoms with van der Waals surface area (Å²) in [6.45, 7) is 3.55. The van der Waals surface area contributed by atoms with Gasteiger partial charge in [0, 0.05) is 35.7 Å². The third kappa shape index (κ3) is 8.48. The molecule has 0 spiro atoms. The van der Waals surface area contributed by atoms with Crippen LogP contribution < -0.4 is 27.4 Å². The first-order valence-corrected chi connectivity index (χ1v) is 12.9. The van der Waals surface area contributed by atoms with E-state index in [4.69, 9.17) is 11.5 Å². The molecule has 1 heterocycles. The van der Waals surface area contributed by atoms with Crippen LogP contribution in [0.1, 0.15) is 38.7 Å². The Bertz CT molecular complexity index is 1150. The lowest BCUT2D eigenvalue weighted by Gasteiger charge is -2.28. The van der Waals surface area contributed by atoms with Crippen molar-refractivity contribution in [3.05, 3.63) is 36.0 Å². The Morgan fingerprint density at radius 2 is 1.68 bits per heavy atom. The van der Waals surface area contributed by atoms with Crippen LogP contribution in [-0.2, 0) is 30.4 Å². The number of aliphatic carboxylic acids is 1. The molecule has 2 aromatic rings. The van der Waals surface area contributed by atoms with E-state index < -0.39 is 53.8 Å². The quantitative estimate of drug-likeness (QED) is 0.141. The number of thiol groups is 1. The molecule has 9 N–H and O–H groups in total. The average molecular weight is 549 g/mol.